The van der Waals surface area contributed by atoms with E-state index in [0.717, 1.165) is 61.5 Å². The molecule has 5 nitrogen and oxygen atoms in total. The Bertz CT molecular complexity index is 3460. The van der Waals surface area contributed by atoms with Gasteiger partial charge in [0.25, 0.3) is 0 Å². The van der Waals surface area contributed by atoms with Gasteiger partial charge in [-0.15, -0.1) is 0 Å². The molecule has 0 unspecified atom stereocenters. The molecule has 0 aliphatic heterocycles. The minimum absolute atomic E-state index is 0.848. The van der Waals surface area contributed by atoms with Gasteiger partial charge in [0, 0.05) is 56.7 Å². The van der Waals surface area contributed by atoms with Crippen LogP contribution in [0, 0.1) is 5.41 Å². The van der Waals surface area contributed by atoms with Gasteiger partial charge in [-0.25, -0.2) is 4.98 Å². The zero-order chi connectivity index (χ0) is 38.7. The second kappa shape index (κ2) is 13.4. The van der Waals surface area contributed by atoms with Crippen LogP contribution in [-0.2, 0) is 0 Å². The lowest BCUT2D eigenvalue weighted by molar-refractivity contribution is 1.16. The van der Waals surface area contributed by atoms with Gasteiger partial charge in [-0.3, -0.25) is 4.98 Å². The Kier molecular flexibility index (Phi) is 7.73. The molecule has 5 heteroatoms. The molecule has 272 valence electrons. The van der Waals surface area contributed by atoms with Gasteiger partial charge in [-0.2, -0.15) is 0 Å². The second-order valence-corrected chi connectivity index (χ2v) is 14.7. The highest BCUT2D eigenvalue weighted by Crippen LogP contribution is 2.42. The highest BCUT2D eigenvalue weighted by molar-refractivity contribution is 6.22. The molecule has 11 aromatic rings. The summed E-state index contributed by atoms with van der Waals surface area (Å²) < 4.78 is 4.88. The van der Waals surface area contributed by atoms with Crippen molar-refractivity contribution in [1.82, 2.24) is 18.9 Å². The van der Waals surface area contributed by atoms with Gasteiger partial charge < -0.3 is 14.4 Å². The van der Waals surface area contributed by atoms with Crippen LogP contribution in [0.4, 0.5) is 0 Å². The number of allylic oxidation sites excluding steroid dienone is 3. The van der Waals surface area contributed by atoms with Crippen LogP contribution in [-0.4, -0.2) is 25.2 Å². The Morgan fingerprint density at radius 1 is 0.517 bits per heavy atom. The van der Waals surface area contributed by atoms with Crippen LogP contribution in [0.2, 0.25) is 0 Å². The fourth-order valence-corrected chi connectivity index (χ4v) is 8.73. The highest BCUT2D eigenvalue weighted by Gasteiger charge is 2.20. The molecule has 0 spiro atoms. The van der Waals surface area contributed by atoms with E-state index in [1.54, 1.807) is 12.3 Å². The maximum Gasteiger partial charge on any atom is 0.0730 e. The third-order valence-electron chi connectivity index (χ3n) is 11.4. The van der Waals surface area contributed by atoms with Crippen LogP contribution < -0.4 is 0 Å². The van der Waals surface area contributed by atoms with E-state index in [9.17, 15) is 0 Å². The zero-order valence-corrected chi connectivity index (χ0v) is 31.5. The van der Waals surface area contributed by atoms with Crippen molar-refractivity contribution in [3.05, 3.63) is 200 Å². The molecule has 11 rings (SSSR count). The van der Waals surface area contributed by atoms with E-state index < -0.39 is 0 Å². The van der Waals surface area contributed by atoms with Crippen LogP contribution in [0.25, 0.3) is 105 Å². The van der Waals surface area contributed by atoms with Crippen molar-refractivity contribution in [1.29, 1.82) is 5.41 Å². The van der Waals surface area contributed by atoms with Crippen molar-refractivity contribution in [2.75, 3.05) is 0 Å². The smallest absolute Gasteiger partial charge is 0.0730 e. The zero-order valence-electron chi connectivity index (χ0n) is 31.5. The number of hydrogen-bond donors (Lipinski definition) is 1. The average molecular weight is 742 g/mol. The average Bonchev–Trinajstić information content (AvgIpc) is 3.86. The standard InChI is InChI=1S/C53H35N5/c1-34(10-8-28-54)35-18-22-37(23-19-35)47-30-40(31-48(56-47)38-24-20-36(21-25-38)39-11-9-29-55-33-39)57-49-16-6-5-15-44(49)45-26-27-51-46(53(45)57)32-52-43-14-3-2-12-41(43)42-13-4-7-17-50(42)58(51)52/h2-33,54H,1H2/b10-8-,54-28?. The Balaban J connectivity index is 1.19. The summed E-state index contributed by atoms with van der Waals surface area (Å²) in [5.74, 6) is 0. The number of nitrogens with one attached hydrogen (secondary N) is 1. The van der Waals surface area contributed by atoms with Gasteiger partial charge in [-0.1, -0.05) is 134 Å². The predicted molar refractivity (Wildman–Crippen MR) is 243 cm³/mol. The first-order valence-corrected chi connectivity index (χ1v) is 19.4. The molecule has 0 aliphatic rings. The molecule has 0 aliphatic carbocycles. The minimum atomic E-state index is 0.848. The summed E-state index contributed by atoms with van der Waals surface area (Å²) in [6.07, 6.45) is 8.51. The third-order valence-corrected chi connectivity index (χ3v) is 11.4. The molecule has 0 atom stereocenters. The Morgan fingerprint density at radius 3 is 1.81 bits per heavy atom. The first-order chi connectivity index (χ1) is 28.6. The normalized spacial score (nSPS) is 11.9. The molecule has 0 bridgehead atoms. The summed E-state index contributed by atoms with van der Waals surface area (Å²) in [5, 5.41) is 14.7. The van der Waals surface area contributed by atoms with Gasteiger partial charge in [-0.05, 0) is 76.2 Å². The molecule has 0 radical (unpaired) electrons. The van der Waals surface area contributed by atoms with Gasteiger partial charge >= 0.3 is 0 Å². The van der Waals surface area contributed by atoms with Crippen molar-refractivity contribution in [2.24, 2.45) is 0 Å². The number of hydrogen-bond acceptors (Lipinski definition) is 3. The highest BCUT2D eigenvalue weighted by atomic mass is 15.0. The van der Waals surface area contributed by atoms with E-state index >= 15 is 0 Å². The summed E-state index contributed by atoms with van der Waals surface area (Å²) in [6.45, 7) is 4.21. The van der Waals surface area contributed by atoms with Crippen LogP contribution in [0.15, 0.2) is 195 Å². The molecular weight excluding hydrogens is 707 g/mol. The van der Waals surface area contributed by atoms with E-state index in [4.69, 9.17) is 10.4 Å². The van der Waals surface area contributed by atoms with Crippen molar-refractivity contribution in [3.63, 3.8) is 0 Å². The number of rotatable bonds is 7. The lowest BCUT2D eigenvalue weighted by Crippen LogP contribution is -1.99. The molecule has 1 N–H and O–H groups in total. The summed E-state index contributed by atoms with van der Waals surface area (Å²) in [7, 11) is 0. The number of fused-ring (bicyclic) bond motifs is 12. The molecule has 0 saturated heterocycles. The van der Waals surface area contributed by atoms with Crippen LogP contribution in [0.3, 0.4) is 0 Å². The number of pyridine rings is 3. The van der Waals surface area contributed by atoms with Gasteiger partial charge in [0.2, 0.25) is 0 Å². The van der Waals surface area contributed by atoms with E-state index in [0.29, 0.717) is 0 Å². The maximum absolute atomic E-state index is 7.40. The van der Waals surface area contributed by atoms with E-state index in [1.807, 2.05) is 18.3 Å². The second-order valence-electron chi connectivity index (χ2n) is 14.7. The minimum Gasteiger partial charge on any atom is -0.309 e. The lowest BCUT2D eigenvalue weighted by atomic mass is 10.0. The monoisotopic (exact) mass is 741 g/mol. The molecule has 0 saturated carbocycles. The lowest BCUT2D eigenvalue weighted by Gasteiger charge is -2.14. The fourth-order valence-electron chi connectivity index (χ4n) is 8.73. The molecule has 6 aromatic carbocycles. The van der Waals surface area contributed by atoms with E-state index in [2.05, 4.69) is 178 Å². The number of benzene rings is 6. The van der Waals surface area contributed by atoms with Crippen LogP contribution in [0.5, 0.6) is 0 Å². The summed E-state index contributed by atoms with van der Waals surface area (Å²) in [6, 6.07) is 58.7. The molecule has 5 aromatic heterocycles. The van der Waals surface area contributed by atoms with E-state index in [1.165, 1.54) is 55.1 Å². The van der Waals surface area contributed by atoms with Crippen LogP contribution >= 0.6 is 0 Å². The topological polar surface area (TPSA) is 59.0 Å². The van der Waals surface area contributed by atoms with Crippen molar-refractivity contribution >= 4 is 71.7 Å². The van der Waals surface area contributed by atoms with Gasteiger partial charge in [0.1, 0.15) is 0 Å². The van der Waals surface area contributed by atoms with Crippen molar-refractivity contribution < 1.29 is 0 Å². The number of nitrogens with zero attached hydrogens (tertiary/aromatic N) is 4. The van der Waals surface area contributed by atoms with Crippen molar-refractivity contribution in [3.8, 4) is 39.3 Å². The molecule has 0 amide bonds. The van der Waals surface area contributed by atoms with E-state index in [-0.39, 0.29) is 0 Å². The molecular formula is C53H35N5. The van der Waals surface area contributed by atoms with Gasteiger partial charge in [0.15, 0.2) is 0 Å². The quantitative estimate of drug-likeness (QED) is 0.100. The number of aromatic nitrogens is 4. The number of para-hydroxylation sites is 2. The maximum atomic E-state index is 7.40. The van der Waals surface area contributed by atoms with Gasteiger partial charge in [0.05, 0.1) is 44.7 Å². The fraction of sp³-hybridized carbons (Fsp3) is 0. The summed E-state index contributed by atoms with van der Waals surface area (Å²) >= 11 is 0. The first-order valence-electron chi connectivity index (χ1n) is 19.4. The molecule has 5 heterocycles. The summed E-state index contributed by atoms with van der Waals surface area (Å²) in [5.41, 5.74) is 14.7. The Labute approximate surface area is 334 Å². The Hall–Kier alpha value is -7.89. The first kappa shape index (κ1) is 33.4. The van der Waals surface area contributed by atoms with Crippen LogP contribution in [0.1, 0.15) is 5.56 Å². The Morgan fingerprint density at radius 2 is 1.12 bits per heavy atom. The predicted octanol–water partition coefficient (Wildman–Crippen LogP) is 13.5. The molecule has 0 fully saturated rings. The summed E-state index contributed by atoms with van der Waals surface area (Å²) in [4.78, 5) is 9.68. The molecule has 58 heavy (non-hydrogen) atoms. The largest absolute Gasteiger partial charge is 0.309 e. The third kappa shape index (κ3) is 5.29. The van der Waals surface area contributed by atoms with Crippen molar-refractivity contribution in [2.45, 2.75) is 0 Å². The SMILES string of the molecule is C=C(/C=C\C=N)c1ccc(-c2cc(-n3c4ccccc4c4ccc5c(cc6c7ccccc7c7ccccc7n65)c43)cc(-c3ccc(-c4cccnc4)cc3)n2)cc1.